The van der Waals surface area contributed by atoms with Crippen LogP contribution in [-0.4, -0.2) is 86.9 Å². The molecule has 2 amide bonds. The molecule has 1 aliphatic rings. The van der Waals surface area contributed by atoms with Crippen molar-refractivity contribution >= 4 is 46.3 Å². The van der Waals surface area contributed by atoms with E-state index in [2.05, 4.69) is 15.6 Å². The third-order valence-corrected chi connectivity index (χ3v) is 6.45. The number of carboxylic acids is 1. The Labute approximate surface area is 216 Å². The number of fused-ring (bicyclic) bond motifs is 1. The SMILES string of the molecule is CC(=O)N[C@H]1C([C@H](O)[C@H](O)CO)OC(C(=O)O)=C[C@H]1N=C(N)NC(=O)CSc1ccc2ccccc2c1. The monoisotopic (exact) mass is 532 g/mol. The molecular formula is C24H28N4O8S. The van der Waals surface area contributed by atoms with Crippen LogP contribution in [0.2, 0.25) is 0 Å². The van der Waals surface area contributed by atoms with Gasteiger partial charge in [-0.05, 0) is 29.0 Å². The van der Waals surface area contributed by atoms with Crippen LogP contribution in [0.25, 0.3) is 10.8 Å². The van der Waals surface area contributed by atoms with Crippen molar-refractivity contribution in [1.29, 1.82) is 0 Å². The maximum absolute atomic E-state index is 12.5. The normalized spacial score (nSPS) is 21.4. The summed E-state index contributed by atoms with van der Waals surface area (Å²) < 4.78 is 5.28. The Kier molecular flexibility index (Phi) is 9.47. The van der Waals surface area contributed by atoms with E-state index >= 15 is 0 Å². The number of rotatable bonds is 9. The Morgan fingerprint density at radius 1 is 1.16 bits per heavy atom. The number of carboxylic acid groups (broad SMARTS) is 1. The predicted molar refractivity (Wildman–Crippen MR) is 136 cm³/mol. The van der Waals surface area contributed by atoms with Crippen molar-refractivity contribution in [2.45, 2.75) is 42.2 Å². The number of aliphatic hydroxyl groups is 3. The first kappa shape index (κ1) is 27.9. The van der Waals surface area contributed by atoms with Gasteiger partial charge < -0.3 is 36.2 Å². The van der Waals surface area contributed by atoms with Gasteiger partial charge in [-0.1, -0.05) is 30.3 Å². The molecule has 3 rings (SSSR count). The number of amides is 2. The number of nitrogens with one attached hydrogen (secondary N) is 2. The number of nitrogens with zero attached hydrogens (tertiary/aromatic N) is 1. The van der Waals surface area contributed by atoms with Gasteiger partial charge in [0.15, 0.2) is 5.96 Å². The number of nitrogens with two attached hydrogens (primary N) is 1. The molecule has 8 N–H and O–H groups in total. The number of aliphatic imine (C=N–C) groups is 1. The summed E-state index contributed by atoms with van der Waals surface area (Å²) in [5.74, 6) is -3.49. The van der Waals surface area contributed by atoms with Crippen LogP contribution >= 0.6 is 11.8 Å². The molecule has 1 aliphatic heterocycles. The molecule has 1 unspecified atom stereocenters. The van der Waals surface area contributed by atoms with E-state index in [1.807, 2.05) is 42.5 Å². The van der Waals surface area contributed by atoms with Gasteiger partial charge in [0, 0.05) is 11.8 Å². The van der Waals surface area contributed by atoms with Crippen molar-refractivity contribution < 1.29 is 39.5 Å². The Morgan fingerprint density at radius 2 is 1.86 bits per heavy atom. The van der Waals surface area contributed by atoms with E-state index < -0.39 is 60.5 Å². The second-order valence-electron chi connectivity index (χ2n) is 8.24. The van der Waals surface area contributed by atoms with Crippen LogP contribution in [0.15, 0.2) is 64.2 Å². The molecule has 12 nitrogen and oxygen atoms in total. The lowest BCUT2D eigenvalue weighted by molar-refractivity contribution is -0.145. The number of aliphatic hydroxyl groups excluding tert-OH is 3. The number of ether oxygens (including phenoxy) is 1. The summed E-state index contributed by atoms with van der Waals surface area (Å²) in [6.07, 6.45) is -3.91. The van der Waals surface area contributed by atoms with Crippen molar-refractivity contribution in [2.24, 2.45) is 10.7 Å². The van der Waals surface area contributed by atoms with Gasteiger partial charge in [0.25, 0.3) is 0 Å². The van der Waals surface area contributed by atoms with E-state index in [9.17, 15) is 34.8 Å². The fourth-order valence-electron chi connectivity index (χ4n) is 3.74. The molecule has 198 valence electrons. The van der Waals surface area contributed by atoms with Gasteiger partial charge in [0.2, 0.25) is 17.6 Å². The molecule has 37 heavy (non-hydrogen) atoms. The fraction of sp³-hybridized carbons (Fsp3) is 0.333. The average molecular weight is 533 g/mol. The molecule has 0 saturated carbocycles. The lowest BCUT2D eigenvalue weighted by Gasteiger charge is -2.38. The number of hydrogen-bond acceptors (Lipinski definition) is 9. The highest BCUT2D eigenvalue weighted by Gasteiger charge is 2.43. The lowest BCUT2D eigenvalue weighted by Crippen LogP contribution is -2.60. The minimum Gasteiger partial charge on any atom is -0.478 e. The molecule has 1 heterocycles. The summed E-state index contributed by atoms with van der Waals surface area (Å²) >= 11 is 1.28. The molecular weight excluding hydrogens is 504 g/mol. The van der Waals surface area contributed by atoms with Gasteiger partial charge >= 0.3 is 5.97 Å². The zero-order chi connectivity index (χ0) is 27.1. The zero-order valence-corrected chi connectivity index (χ0v) is 20.6. The van der Waals surface area contributed by atoms with Gasteiger partial charge in [0.05, 0.1) is 24.4 Å². The van der Waals surface area contributed by atoms with Crippen molar-refractivity contribution in [3.63, 3.8) is 0 Å². The smallest absolute Gasteiger partial charge is 0.370 e. The van der Waals surface area contributed by atoms with Crippen LogP contribution in [0.3, 0.4) is 0 Å². The minimum atomic E-state index is -1.78. The maximum Gasteiger partial charge on any atom is 0.370 e. The molecule has 0 fully saturated rings. The van der Waals surface area contributed by atoms with Crippen molar-refractivity contribution in [3.05, 3.63) is 54.3 Å². The second-order valence-corrected chi connectivity index (χ2v) is 9.28. The van der Waals surface area contributed by atoms with E-state index in [1.165, 1.54) is 18.7 Å². The molecule has 2 aromatic carbocycles. The number of thioether (sulfide) groups is 1. The van der Waals surface area contributed by atoms with Gasteiger partial charge in [0.1, 0.15) is 18.3 Å². The molecule has 0 radical (unpaired) electrons. The first-order valence-electron chi connectivity index (χ1n) is 11.2. The topological polar surface area (TPSA) is 204 Å². The quantitative estimate of drug-likeness (QED) is 0.123. The molecule has 5 atom stereocenters. The van der Waals surface area contributed by atoms with Crippen LogP contribution in [-0.2, 0) is 19.1 Å². The summed E-state index contributed by atoms with van der Waals surface area (Å²) in [6.45, 7) is 0.333. The highest BCUT2D eigenvalue weighted by atomic mass is 32.2. The molecule has 0 spiro atoms. The number of aliphatic carboxylic acids is 1. The number of guanidine groups is 1. The first-order valence-corrected chi connectivity index (χ1v) is 12.2. The van der Waals surface area contributed by atoms with Crippen molar-refractivity contribution in [3.8, 4) is 0 Å². The van der Waals surface area contributed by atoms with E-state index in [0.29, 0.717) is 0 Å². The van der Waals surface area contributed by atoms with Crippen LogP contribution in [0.4, 0.5) is 0 Å². The first-order chi connectivity index (χ1) is 17.6. The van der Waals surface area contributed by atoms with E-state index in [1.54, 1.807) is 0 Å². The molecule has 0 bridgehead atoms. The number of carbonyl (C=O) groups is 3. The Balaban J connectivity index is 1.75. The van der Waals surface area contributed by atoms with Crippen molar-refractivity contribution in [1.82, 2.24) is 10.6 Å². The predicted octanol–water partition coefficient (Wildman–Crippen LogP) is -0.682. The van der Waals surface area contributed by atoms with Gasteiger partial charge in [-0.15, -0.1) is 11.8 Å². The number of hydrogen-bond donors (Lipinski definition) is 7. The minimum absolute atomic E-state index is 0.0116. The molecule has 2 aromatic rings. The number of carbonyl (C=O) groups excluding carboxylic acids is 2. The highest BCUT2D eigenvalue weighted by molar-refractivity contribution is 8.00. The molecule has 0 aromatic heterocycles. The lowest BCUT2D eigenvalue weighted by atomic mass is 9.92. The van der Waals surface area contributed by atoms with Gasteiger partial charge in [-0.3, -0.25) is 14.9 Å². The number of benzene rings is 2. The fourth-order valence-corrected chi connectivity index (χ4v) is 4.49. The zero-order valence-electron chi connectivity index (χ0n) is 19.8. The summed E-state index contributed by atoms with van der Waals surface area (Å²) in [5.41, 5.74) is 5.90. The van der Waals surface area contributed by atoms with Gasteiger partial charge in [-0.25, -0.2) is 9.79 Å². The van der Waals surface area contributed by atoms with Crippen molar-refractivity contribution in [2.75, 3.05) is 12.4 Å². The van der Waals surface area contributed by atoms with Crippen LogP contribution in [0, 0.1) is 0 Å². The molecule has 0 saturated heterocycles. The summed E-state index contributed by atoms with van der Waals surface area (Å²) in [7, 11) is 0. The average Bonchev–Trinajstić information content (AvgIpc) is 2.86. The van der Waals surface area contributed by atoms with Crippen LogP contribution in [0.1, 0.15) is 6.92 Å². The van der Waals surface area contributed by atoms with E-state index in [4.69, 9.17) is 10.5 Å². The van der Waals surface area contributed by atoms with Gasteiger partial charge in [-0.2, -0.15) is 0 Å². The summed E-state index contributed by atoms with van der Waals surface area (Å²) in [4.78, 5) is 40.8. The maximum atomic E-state index is 12.5. The molecule has 13 heteroatoms. The highest BCUT2D eigenvalue weighted by Crippen LogP contribution is 2.25. The summed E-state index contributed by atoms with van der Waals surface area (Å²) in [6, 6.07) is 11.2. The largest absolute Gasteiger partial charge is 0.478 e. The van der Waals surface area contributed by atoms with E-state index in [-0.39, 0.29) is 11.7 Å². The Bertz CT molecular complexity index is 1220. The second kappa shape index (κ2) is 12.5. The standard InChI is InChI=1S/C24H28N4O8S/c1-12(30)26-20-16(9-18(23(34)35)36-22(20)21(33)17(31)10-29)27-24(25)28-19(32)11-37-15-7-6-13-4-2-3-5-14(13)8-15/h2-9,16-17,20-22,29,31,33H,10-11H2,1H3,(H,26,30)(H,34,35)(H3,25,27,28,32)/t16-,17-,20-,21-,22?/m1/s1. The third kappa shape index (κ3) is 7.43. The Hall–Kier alpha value is -3.65. The van der Waals surface area contributed by atoms with Crippen LogP contribution < -0.4 is 16.4 Å². The summed E-state index contributed by atoms with van der Waals surface area (Å²) in [5, 5.41) is 45.9. The van der Waals surface area contributed by atoms with E-state index in [0.717, 1.165) is 21.7 Å². The third-order valence-electron chi connectivity index (χ3n) is 5.45. The Morgan fingerprint density at radius 3 is 2.51 bits per heavy atom. The molecule has 0 aliphatic carbocycles. The van der Waals surface area contributed by atoms with Crippen LogP contribution in [0.5, 0.6) is 0 Å².